The molecule has 1 saturated heterocycles. The second-order valence-electron chi connectivity index (χ2n) is 4.55. The van der Waals surface area contributed by atoms with Crippen molar-refractivity contribution in [1.82, 2.24) is 10.2 Å². The number of aliphatic hydroxyl groups excluding tert-OH is 1. The third kappa shape index (κ3) is 3.88. The first-order chi connectivity index (χ1) is 8.56. The smallest absolute Gasteiger partial charge is 0.281 e. The van der Waals surface area contributed by atoms with Gasteiger partial charge < -0.3 is 15.3 Å². The molecule has 0 bridgehead atoms. The maximum Gasteiger partial charge on any atom is 0.281 e. The van der Waals surface area contributed by atoms with Crippen LogP contribution in [0.4, 0.5) is 4.79 Å². The first kappa shape index (κ1) is 15.3. The van der Waals surface area contributed by atoms with Crippen LogP contribution in [0.2, 0.25) is 0 Å². The zero-order chi connectivity index (χ0) is 13.6. The summed E-state index contributed by atoms with van der Waals surface area (Å²) in [5, 5.41) is 12.3. The van der Waals surface area contributed by atoms with Crippen molar-refractivity contribution >= 4 is 22.9 Å². The fraction of sp³-hybridized carbons (Fsp3) is 0.833. The first-order valence-corrected chi connectivity index (χ1v) is 7.39. The molecule has 0 aromatic heterocycles. The summed E-state index contributed by atoms with van der Waals surface area (Å²) < 4.78 is 0. The van der Waals surface area contributed by atoms with Crippen molar-refractivity contribution in [3.8, 4) is 0 Å². The van der Waals surface area contributed by atoms with E-state index in [1.807, 2.05) is 13.8 Å². The van der Waals surface area contributed by atoms with Gasteiger partial charge in [0.15, 0.2) is 0 Å². The molecule has 0 aliphatic carbocycles. The minimum absolute atomic E-state index is 0.0514. The molecular weight excluding hydrogens is 252 g/mol. The Bertz CT molecular complexity index is 297. The van der Waals surface area contributed by atoms with Crippen molar-refractivity contribution in [3.63, 3.8) is 0 Å². The number of thioether (sulfide) groups is 1. The monoisotopic (exact) mass is 274 g/mol. The zero-order valence-corrected chi connectivity index (χ0v) is 11.9. The maximum atomic E-state index is 11.8. The van der Waals surface area contributed by atoms with E-state index in [9.17, 15) is 14.7 Å². The van der Waals surface area contributed by atoms with Gasteiger partial charge in [-0.25, -0.2) is 0 Å². The number of nitrogens with zero attached hydrogens (tertiary/aromatic N) is 1. The van der Waals surface area contributed by atoms with Crippen molar-refractivity contribution in [2.45, 2.75) is 38.6 Å². The van der Waals surface area contributed by atoms with Crippen LogP contribution < -0.4 is 5.32 Å². The average Bonchev–Trinajstić information content (AvgIpc) is 2.79. The molecule has 0 unspecified atom stereocenters. The van der Waals surface area contributed by atoms with Gasteiger partial charge in [-0.1, -0.05) is 25.6 Å². The Hall–Kier alpha value is -0.750. The topological polar surface area (TPSA) is 69.6 Å². The molecule has 6 heteroatoms. The van der Waals surface area contributed by atoms with Crippen molar-refractivity contribution in [2.24, 2.45) is 0 Å². The fourth-order valence-corrected chi connectivity index (χ4v) is 2.76. The summed E-state index contributed by atoms with van der Waals surface area (Å²) in [6.45, 7) is 5.03. The predicted molar refractivity (Wildman–Crippen MR) is 72.6 cm³/mol. The minimum atomic E-state index is -0.513. The van der Waals surface area contributed by atoms with Gasteiger partial charge in [-0.05, 0) is 12.8 Å². The van der Waals surface area contributed by atoms with Crippen LogP contribution in [0, 0.1) is 0 Å². The van der Waals surface area contributed by atoms with Gasteiger partial charge in [0.25, 0.3) is 5.24 Å². The van der Waals surface area contributed by atoms with E-state index in [-0.39, 0.29) is 17.8 Å². The van der Waals surface area contributed by atoms with E-state index in [0.717, 1.165) is 12.3 Å². The molecule has 2 N–H and O–H groups in total. The third-order valence-electron chi connectivity index (χ3n) is 3.51. The highest BCUT2D eigenvalue weighted by Gasteiger charge is 2.28. The molecule has 1 aliphatic rings. The van der Waals surface area contributed by atoms with Gasteiger partial charge in [0.1, 0.15) is 0 Å². The standard InChI is InChI=1S/C12H22N2O3S/c1-3-12(4-2,9-15)13-10(16)5-6-14-7-8-18-11(14)17/h15H,3-9H2,1-2H3,(H,13,16). The molecule has 0 atom stereocenters. The highest BCUT2D eigenvalue weighted by molar-refractivity contribution is 8.13. The number of nitrogens with one attached hydrogen (secondary N) is 1. The Labute approximate surface area is 112 Å². The van der Waals surface area contributed by atoms with Gasteiger partial charge in [-0.15, -0.1) is 0 Å². The highest BCUT2D eigenvalue weighted by atomic mass is 32.2. The molecule has 1 rings (SSSR count). The lowest BCUT2D eigenvalue weighted by Crippen LogP contribution is -2.51. The quantitative estimate of drug-likeness (QED) is 0.732. The molecule has 0 radical (unpaired) electrons. The van der Waals surface area contributed by atoms with Crippen molar-refractivity contribution in [1.29, 1.82) is 0 Å². The van der Waals surface area contributed by atoms with Crippen molar-refractivity contribution in [3.05, 3.63) is 0 Å². The van der Waals surface area contributed by atoms with Crippen LogP contribution in [0.5, 0.6) is 0 Å². The Morgan fingerprint density at radius 3 is 2.61 bits per heavy atom. The van der Waals surface area contributed by atoms with Gasteiger partial charge in [0, 0.05) is 25.3 Å². The number of hydrogen-bond donors (Lipinski definition) is 2. The lowest BCUT2D eigenvalue weighted by molar-refractivity contribution is -0.124. The Morgan fingerprint density at radius 1 is 1.50 bits per heavy atom. The second kappa shape index (κ2) is 6.99. The molecule has 1 aliphatic heterocycles. The van der Waals surface area contributed by atoms with Gasteiger partial charge in [0.05, 0.1) is 12.1 Å². The third-order valence-corrected chi connectivity index (χ3v) is 4.41. The summed E-state index contributed by atoms with van der Waals surface area (Å²) in [7, 11) is 0. The number of aliphatic hydroxyl groups is 1. The van der Waals surface area contributed by atoms with Crippen LogP contribution in [0.25, 0.3) is 0 Å². The summed E-state index contributed by atoms with van der Waals surface area (Å²) in [6, 6.07) is 0. The SMILES string of the molecule is CCC(CC)(CO)NC(=O)CCN1CCSC1=O. The lowest BCUT2D eigenvalue weighted by Gasteiger charge is -2.31. The molecule has 0 spiro atoms. The molecule has 0 saturated carbocycles. The van der Waals surface area contributed by atoms with Crippen molar-refractivity contribution < 1.29 is 14.7 Å². The Kier molecular flexibility index (Phi) is 5.95. The van der Waals surface area contributed by atoms with E-state index in [1.54, 1.807) is 4.90 Å². The number of rotatable bonds is 7. The molecule has 0 aromatic rings. The normalized spacial score (nSPS) is 16.2. The van der Waals surface area contributed by atoms with Crippen LogP contribution in [-0.2, 0) is 4.79 Å². The summed E-state index contributed by atoms with van der Waals surface area (Å²) in [5.41, 5.74) is -0.513. The summed E-state index contributed by atoms with van der Waals surface area (Å²) in [4.78, 5) is 24.9. The molecule has 2 amide bonds. The van der Waals surface area contributed by atoms with E-state index in [4.69, 9.17) is 0 Å². The zero-order valence-electron chi connectivity index (χ0n) is 11.1. The maximum absolute atomic E-state index is 11.8. The highest BCUT2D eigenvalue weighted by Crippen LogP contribution is 2.18. The molecule has 1 heterocycles. The summed E-state index contributed by atoms with van der Waals surface area (Å²) in [5.74, 6) is 0.711. The van der Waals surface area contributed by atoms with E-state index in [0.29, 0.717) is 25.8 Å². The average molecular weight is 274 g/mol. The van der Waals surface area contributed by atoms with Crippen molar-refractivity contribution in [2.75, 3.05) is 25.4 Å². The number of amides is 2. The fourth-order valence-electron chi connectivity index (χ4n) is 1.91. The minimum Gasteiger partial charge on any atom is -0.394 e. The Morgan fingerprint density at radius 2 is 2.17 bits per heavy atom. The predicted octanol–water partition coefficient (Wildman–Crippen LogP) is 1.21. The van der Waals surface area contributed by atoms with Gasteiger partial charge in [-0.3, -0.25) is 9.59 Å². The largest absolute Gasteiger partial charge is 0.394 e. The van der Waals surface area contributed by atoms with E-state index in [1.165, 1.54) is 11.8 Å². The van der Waals surface area contributed by atoms with Crippen LogP contribution >= 0.6 is 11.8 Å². The van der Waals surface area contributed by atoms with E-state index >= 15 is 0 Å². The lowest BCUT2D eigenvalue weighted by atomic mass is 9.93. The van der Waals surface area contributed by atoms with Gasteiger partial charge in [0.2, 0.25) is 5.91 Å². The van der Waals surface area contributed by atoms with Crippen LogP contribution in [0.15, 0.2) is 0 Å². The van der Waals surface area contributed by atoms with Crippen LogP contribution in [-0.4, -0.2) is 52.1 Å². The molecule has 1 fully saturated rings. The molecule has 18 heavy (non-hydrogen) atoms. The number of hydrogen-bond acceptors (Lipinski definition) is 4. The molecule has 5 nitrogen and oxygen atoms in total. The van der Waals surface area contributed by atoms with Crippen LogP contribution in [0.1, 0.15) is 33.1 Å². The number of carbonyl (C=O) groups excluding carboxylic acids is 2. The van der Waals surface area contributed by atoms with E-state index in [2.05, 4.69) is 5.32 Å². The molecule has 0 aromatic carbocycles. The van der Waals surface area contributed by atoms with E-state index < -0.39 is 5.54 Å². The second-order valence-corrected chi connectivity index (χ2v) is 5.59. The van der Waals surface area contributed by atoms with Gasteiger partial charge >= 0.3 is 0 Å². The first-order valence-electron chi connectivity index (χ1n) is 6.40. The summed E-state index contributed by atoms with van der Waals surface area (Å²) in [6.07, 6.45) is 1.70. The number of carbonyl (C=O) groups is 2. The van der Waals surface area contributed by atoms with Crippen LogP contribution in [0.3, 0.4) is 0 Å². The molecular formula is C12H22N2O3S. The molecule has 104 valence electrons. The summed E-state index contributed by atoms with van der Waals surface area (Å²) >= 11 is 1.30. The Balaban J connectivity index is 2.38. The van der Waals surface area contributed by atoms with Gasteiger partial charge in [-0.2, -0.15) is 0 Å².